The number of hydrogen-bond donors (Lipinski definition) is 0. The number of cyclic esters (lactones) is 1. The van der Waals surface area contributed by atoms with E-state index in [2.05, 4.69) is 18.7 Å². The maximum atomic E-state index is 15.1. The van der Waals surface area contributed by atoms with Gasteiger partial charge in [-0.05, 0) is 75.9 Å². The van der Waals surface area contributed by atoms with Gasteiger partial charge in [0.15, 0.2) is 5.60 Å². The number of carbonyl (C=O) groups excluding carboxylic acids is 1. The lowest BCUT2D eigenvalue weighted by Crippen LogP contribution is -2.47. The maximum Gasteiger partial charge on any atom is 0.343 e. The van der Waals surface area contributed by atoms with Gasteiger partial charge in [0.05, 0.1) is 35.1 Å². The summed E-state index contributed by atoms with van der Waals surface area (Å²) in [5.41, 5.74) is 5.32. The summed E-state index contributed by atoms with van der Waals surface area (Å²) >= 11 is 0. The van der Waals surface area contributed by atoms with E-state index in [9.17, 15) is 9.59 Å². The second-order valence-electron chi connectivity index (χ2n) is 11.2. The highest BCUT2D eigenvalue weighted by Gasteiger charge is 2.49. The van der Waals surface area contributed by atoms with Crippen molar-refractivity contribution >= 4 is 16.9 Å². The average molecular weight is 534 g/mol. The van der Waals surface area contributed by atoms with Gasteiger partial charge < -0.3 is 14.0 Å². The molecular weight excluding hydrogens is 497 g/mol. The van der Waals surface area contributed by atoms with Gasteiger partial charge in [-0.1, -0.05) is 20.8 Å². The third-order valence-corrected chi connectivity index (χ3v) is 9.01. The van der Waals surface area contributed by atoms with E-state index in [4.69, 9.17) is 14.5 Å². The Morgan fingerprint density at radius 3 is 2.59 bits per heavy atom. The first-order valence-corrected chi connectivity index (χ1v) is 14.2. The normalized spacial score (nSPS) is 21.4. The van der Waals surface area contributed by atoms with E-state index in [-0.39, 0.29) is 30.1 Å². The summed E-state index contributed by atoms with van der Waals surface area (Å²) in [5, 5.41) is 1.03. The van der Waals surface area contributed by atoms with E-state index in [1.165, 1.54) is 6.07 Å². The summed E-state index contributed by atoms with van der Waals surface area (Å²) in [6, 6.07) is 3.60. The van der Waals surface area contributed by atoms with Gasteiger partial charge in [-0.25, -0.2) is 14.2 Å². The van der Waals surface area contributed by atoms with Crippen molar-refractivity contribution in [3.05, 3.63) is 61.7 Å². The number of ether oxygens (including phenoxy) is 2. The van der Waals surface area contributed by atoms with Crippen molar-refractivity contribution in [2.45, 2.75) is 91.7 Å². The Morgan fingerprint density at radius 1 is 1.18 bits per heavy atom. The van der Waals surface area contributed by atoms with E-state index < -0.39 is 11.6 Å². The fourth-order valence-electron chi connectivity index (χ4n) is 7.15. The van der Waals surface area contributed by atoms with Crippen molar-refractivity contribution in [1.82, 2.24) is 14.5 Å². The molecule has 0 radical (unpaired) electrons. The minimum absolute atomic E-state index is 0.0777. The first kappa shape index (κ1) is 26.1. The van der Waals surface area contributed by atoms with Gasteiger partial charge in [0.2, 0.25) is 0 Å². The first-order valence-electron chi connectivity index (χ1n) is 14.2. The standard InChI is InChI=1S/C31H36FN3O4/c1-7-31(39-16(4)5)21-12-25-28-19(14-35(25)29(36)20(21)15-38-30(31)37)27-24(34(8-2)9-3)11-10-18-17(6)22(32)13-23(33-28)26(18)27/h12-13,16,24H,7-11,14-15H2,1-6H3. The molecule has 0 fully saturated rings. The van der Waals surface area contributed by atoms with Crippen LogP contribution in [0.2, 0.25) is 0 Å². The van der Waals surface area contributed by atoms with Crippen molar-refractivity contribution in [3.8, 4) is 11.4 Å². The number of pyridine rings is 2. The molecule has 6 rings (SSSR count). The summed E-state index contributed by atoms with van der Waals surface area (Å²) in [6.45, 7) is 13.9. The van der Waals surface area contributed by atoms with E-state index in [0.29, 0.717) is 46.6 Å². The molecule has 0 amide bonds. The molecule has 39 heavy (non-hydrogen) atoms. The van der Waals surface area contributed by atoms with Crippen molar-refractivity contribution in [3.63, 3.8) is 0 Å². The molecule has 3 aromatic rings. The minimum Gasteiger partial charge on any atom is -0.458 e. The smallest absolute Gasteiger partial charge is 0.343 e. The second-order valence-corrected chi connectivity index (χ2v) is 11.2. The molecule has 1 aromatic carbocycles. The van der Waals surface area contributed by atoms with Crippen LogP contribution in [0.3, 0.4) is 0 Å². The highest BCUT2D eigenvalue weighted by Crippen LogP contribution is 2.47. The van der Waals surface area contributed by atoms with Crippen LogP contribution in [0.25, 0.3) is 22.3 Å². The Labute approximate surface area is 227 Å². The van der Waals surface area contributed by atoms with E-state index in [1.807, 2.05) is 33.8 Å². The van der Waals surface area contributed by atoms with Gasteiger partial charge in [0, 0.05) is 28.6 Å². The Hall–Kier alpha value is -3.10. The molecule has 0 saturated carbocycles. The maximum absolute atomic E-state index is 15.1. The molecular formula is C31H36FN3O4. The fourth-order valence-corrected chi connectivity index (χ4v) is 7.15. The van der Waals surface area contributed by atoms with Gasteiger partial charge >= 0.3 is 5.97 Å². The number of halogens is 1. The Bertz CT molecular complexity index is 1590. The third kappa shape index (κ3) is 3.57. The fraction of sp³-hybridized carbons (Fsp3) is 0.516. The number of nitrogens with zero attached hydrogens (tertiary/aromatic N) is 3. The van der Waals surface area contributed by atoms with Crippen LogP contribution in [0.15, 0.2) is 16.9 Å². The highest BCUT2D eigenvalue weighted by molar-refractivity contribution is 5.93. The number of hydrogen-bond acceptors (Lipinski definition) is 6. The van der Waals surface area contributed by atoms with Crippen molar-refractivity contribution in [1.29, 1.82) is 0 Å². The Balaban J connectivity index is 1.67. The molecule has 4 heterocycles. The van der Waals surface area contributed by atoms with Crippen molar-refractivity contribution in [2.75, 3.05) is 13.1 Å². The molecule has 2 unspecified atom stereocenters. The van der Waals surface area contributed by atoms with Gasteiger partial charge in [-0.3, -0.25) is 9.69 Å². The number of benzene rings is 1. The van der Waals surface area contributed by atoms with Gasteiger partial charge in [0.25, 0.3) is 5.56 Å². The van der Waals surface area contributed by atoms with Crippen LogP contribution in [-0.4, -0.2) is 39.6 Å². The van der Waals surface area contributed by atoms with Crippen LogP contribution in [0.1, 0.15) is 86.9 Å². The molecule has 8 heteroatoms. The zero-order valence-corrected chi connectivity index (χ0v) is 23.6. The lowest BCUT2D eigenvalue weighted by molar-refractivity contribution is -0.187. The summed E-state index contributed by atoms with van der Waals surface area (Å²) in [5.74, 6) is -0.727. The average Bonchev–Trinajstić information content (AvgIpc) is 3.28. The van der Waals surface area contributed by atoms with Crippen LogP contribution in [-0.2, 0) is 39.4 Å². The van der Waals surface area contributed by atoms with Crippen LogP contribution < -0.4 is 5.56 Å². The number of aryl methyl sites for hydroxylation is 1. The predicted octanol–water partition coefficient (Wildman–Crippen LogP) is 5.29. The molecule has 2 aliphatic heterocycles. The van der Waals surface area contributed by atoms with E-state index in [0.717, 1.165) is 48.0 Å². The van der Waals surface area contributed by atoms with Crippen LogP contribution in [0.5, 0.6) is 0 Å². The summed E-state index contributed by atoms with van der Waals surface area (Å²) in [6.07, 6.45) is 1.76. The minimum atomic E-state index is -1.36. The number of aromatic nitrogens is 2. The number of esters is 1. The number of carbonyl (C=O) groups is 1. The quantitative estimate of drug-likeness (QED) is 0.314. The molecule has 7 nitrogen and oxygen atoms in total. The molecule has 2 aromatic heterocycles. The lowest BCUT2D eigenvalue weighted by Gasteiger charge is -2.37. The monoisotopic (exact) mass is 533 g/mol. The number of rotatable bonds is 6. The molecule has 1 aliphatic carbocycles. The van der Waals surface area contributed by atoms with Crippen LogP contribution in [0.4, 0.5) is 4.39 Å². The largest absolute Gasteiger partial charge is 0.458 e. The lowest BCUT2D eigenvalue weighted by atomic mass is 9.81. The topological polar surface area (TPSA) is 73.7 Å². The zero-order chi connectivity index (χ0) is 27.8. The highest BCUT2D eigenvalue weighted by atomic mass is 19.1. The molecule has 0 bridgehead atoms. The van der Waals surface area contributed by atoms with Gasteiger partial charge in [-0.15, -0.1) is 0 Å². The summed E-state index contributed by atoms with van der Waals surface area (Å²) in [7, 11) is 0. The van der Waals surface area contributed by atoms with Crippen molar-refractivity contribution in [2.24, 2.45) is 0 Å². The molecule has 0 saturated heterocycles. The summed E-state index contributed by atoms with van der Waals surface area (Å²) in [4.78, 5) is 34.6. The van der Waals surface area contributed by atoms with Gasteiger partial charge in [0.1, 0.15) is 12.4 Å². The second kappa shape index (κ2) is 9.24. The van der Waals surface area contributed by atoms with E-state index >= 15 is 4.39 Å². The SMILES string of the molecule is CCN(CC)C1CCc2c(C)c(F)cc3nc4c(c1c23)Cn1c-4cc2c(c1=O)COC(=O)C2(CC)OC(C)C. The zero-order valence-electron chi connectivity index (χ0n) is 23.6. The molecule has 2 atom stereocenters. The van der Waals surface area contributed by atoms with Crippen LogP contribution in [0, 0.1) is 12.7 Å². The van der Waals surface area contributed by atoms with Gasteiger partial charge in [-0.2, -0.15) is 0 Å². The molecule has 206 valence electrons. The molecule has 3 aliphatic rings. The summed E-state index contributed by atoms with van der Waals surface area (Å²) < 4.78 is 28.6. The first-order chi connectivity index (χ1) is 18.7. The van der Waals surface area contributed by atoms with Crippen LogP contribution >= 0.6 is 0 Å². The Morgan fingerprint density at radius 2 is 1.92 bits per heavy atom. The molecule has 0 N–H and O–H groups in total. The van der Waals surface area contributed by atoms with Crippen molar-refractivity contribution < 1.29 is 18.7 Å². The predicted molar refractivity (Wildman–Crippen MR) is 147 cm³/mol. The third-order valence-electron chi connectivity index (χ3n) is 9.01. The Kier molecular flexibility index (Phi) is 6.19. The molecule has 0 spiro atoms. The number of fused-ring (bicyclic) bond motifs is 5. The van der Waals surface area contributed by atoms with E-state index in [1.54, 1.807) is 4.57 Å².